The molecule has 0 fully saturated rings. The van der Waals surface area contributed by atoms with E-state index in [1.807, 2.05) is 0 Å². The van der Waals surface area contributed by atoms with Gasteiger partial charge in [0.15, 0.2) is 0 Å². The van der Waals surface area contributed by atoms with Crippen LogP contribution in [-0.2, 0) is 9.78 Å². The summed E-state index contributed by atoms with van der Waals surface area (Å²) in [5, 5.41) is 0. The van der Waals surface area contributed by atoms with Crippen molar-refractivity contribution in [2.75, 3.05) is 13.7 Å². The fourth-order valence-electron chi connectivity index (χ4n) is 0.0630. The van der Waals surface area contributed by atoms with Crippen LogP contribution in [-0.4, -0.2) is 13.7 Å². The van der Waals surface area contributed by atoms with E-state index in [4.69, 9.17) is 0 Å². The van der Waals surface area contributed by atoms with E-state index in [9.17, 15) is 8.78 Å². The molecular formula is C2H4F2O2. The lowest BCUT2D eigenvalue weighted by Crippen LogP contribution is -1.88. The van der Waals surface area contributed by atoms with Crippen molar-refractivity contribution in [3.63, 3.8) is 0 Å². The Morgan fingerprint density at radius 1 is 1.00 bits per heavy atom. The van der Waals surface area contributed by atoms with Crippen LogP contribution in [0.1, 0.15) is 0 Å². The Labute approximate surface area is 33.6 Å². The van der Waals surface area contributed by atoms with Gasteiger partial charge in [-0.05, 0) is 0 Å². The summed E-state index contributed by atoms with van der Waals surface area (Å²) in [4.78, 5) is 6.88. The third-order valence-corrected chi connectivity index (χ3v) is 0.172. The first kappa shape index (κ1) is 5.78. The van der Waals surface area contributed by atoms with Gasteiger partial charge in [0, 0.05) is 0 Å². The summed E-state index contributed by atoms with van der Waals surface area (Å²) >= 11 is 0. The van der Waals surface area contributed by atoms with Crippen LogP contribution in [0, 0.1) is 0 Å². The zero-order chi connectivity index (χ0) is 4.83. The summed E-state index contributed by atoms with van der Waals surface area (Å²) in [5.41, 5.74) is 0. The first-order chi connectivity index (χ1) is 2.91. The van der Waals surface area contributed by atoms with Crippen molar-refractivity contribution in [3.05, 3.63) is 0 Å². The van der Waals surface area contributed by atoms with Crippen molar-refractivity contribution in [2.45, 2.75) is 0 Å². The standard InChI is InChI=1S/C2H4F2O2/c3-1-5-6-2-4/h1-2H2. The summed E-state index contributed by atoms with van der Waals surface area (Å²) in [6.07, 6.45) is 0. The molecule has 6 heavy (non-hydrogen) atoms. The molecule has 38 valence electrons. The predicted molar refractivity (Wildman–Crippen MR) is 14.1 cm³/mol. The first-order valence-electron chi connectivity index (χ1n) is 1.28. The van der Waals surface area contributed by atoms with Crippen LogP contribution < -0.4 is 0 Å². The molecule has 0 aromatic heterocycles. The van der Waals surface area contributed by atoms with Gasteiger partial charge in [-0.2, -0.15) is 9.78 Å². The van der Waals surface area contributed by atoms with Crippen LogP contribution in [0.2, 0.25) is 0 Å². The predicted octanol–water partition coefficient (Wildman–Crippen LogP) is 0.789. The second-order valence-corrected chi connectivity index (χ2v) is 0.454. The number of hydrogen-bond donors (Lipinski definition) is 0. The van der Waals surface area contributed by atoms with Crippen LogP contribution in [0.15, 0.2) is 0 Å². The van der Waals surface area contributed by atoms with Gasteiger partial charge in [0.1, 0.15) is 0 Å². The molecule has 0 radical (unpaired) electrons. The van der Waals surface area contributed by atoms with Gasteiger partial charge in [-0.15, -0.1) is 0 Å². The Kier molecular flexibility index (Phi) is 4.60. The summed E-state index contributed by atoms with van der Waals surface area (Å²) in [6.45, 7) is -2.21. The summed E-state index contributed by atoms with van der Waals surface area (Å²) < 4.78 is 21.3. The van der Waals surface area contributed by atoms with E-state index in [0.29, 0.717) is 0 Å². The SMILES string of the molecule is FCOOCF. The number of alkyl halides is 2. The van der Waals surface area contributed by atoms with E-state index in [1.54, 1.807) is 0 Å². The van der Waals surface area contributed by atoms with E-state index >= 15 is 0 Å². The molecular weight excluding hydrogens is 94.0 g/mol. The maximum atomic E-state index is 10.7. The Morgan fingerprint density at radius 3 is 1.50 bits per heavy atom. The molecule has 0 atom stereocenters. The van der Waals surface area contributed by atoms with E-state index in [1.165, 1.54) is 0 Å². The van der Waals surface area contributed by atoms with E-state index in [2.05, 4.69) is 9.78 Å². The molecule has 0 rings (SSSR count). The quantitative estimate of drug-likeness (QED) is 0.295. The molecule has 2 nitrogen and oxygen atoms in total. The molecule has 0 aliphatic heterocycles. The average Bonchev–Trinajstić information content (AvgIpc) is 1.61. The fraction of sp³-hybridized carbons (Fsp3) is 1.00. The molecule has 0 aliphatic carbocycles. The van der Waals surface area contributed by atoms with Gasteiger partial charge in [-0.1, -0.05) is 0 Å². The zero-order valence-corrected chi connectivity index (χ0v) is 2.99. The number of halogens is 2. The van der Waals surface area contributed by atoms with Gasteiger partial charge in [0.2, 0.25) is 13.7 Å². The molecule has 0 unspecified atom stereocenters. The maximum absolute atomic E-state index is 10.7. The van der Waals surface area contributed by atoms with Crippen LogP contribution in [0.3, 0.4) is 0 Å². The highest BCUT2D eigenvalue weighted by Crippen LogP contribution is 1.76. The molecule has 0 saturated heterocycles. The van der Waals surface area contributed by atoms with Crippen LogP contribution >= 0.6 is 0 Å². The lowest BCUT2D eigenvalue weighted by atomic mass is 11.6. The van der Waals surface area contributed by atoms with Gasteiger partial charge in [-0.25, -0.2) is 8.78 Å². The van der Waals surface area contributed by atoms with Gasteiger partial charge >= 0.3 is 0 Å². The molecule has 0 aliphatic rings. The van der Waals surface area contributed by atoms with Crippen molar-refractivity contribution < 1.29 is 18.6 Å². The van der Waals surface area contributed by atoms with Gasteiger partial charge in [0.05, 0.1) is 0 Å². The van der Waals surface area contributed by atoms with Crippen molar-refractivity contribution in [1.82, 2.24) is 0 Å². The Morgan fingerprint density at radius 2 is 1.33 bits per heavy atom. The molecule has 4 heteroatoms. The van der Waals surface area contributed by atoms with Crippen molar-refractivity contribution in [1.29, 1.82) is 0 Å². The minimum atomic E-state index is -1.11. The fourth-order valence-corrected chi connectivity index (χ4v) is 0.0630. The summed E-state index contributed by atoms with van der Waals surface area (Å²) in [5.74, 6) is 0. The van der Waals surface area contributed by atoms with Crippen LogP contribution in [0.25, 0.3) is 0 Å². The highest BCUT2D eigenvalue weighted by atomic mass is 19.1. The van der Waals surface area contributed by atoms with Gasteiger partial charge in [-0.3, -0.25) is 0 Å². The maximum Gasteiger partial charge on any atom is 0.221 e. The Bertz CT molecular complexity index is 21.5. The summed E-state index contributed by atoms with van der Waals surface area (Å²) in [6, 6.07) is 0. The highest BCUT2D eigenvalue weighted by Gasteiger charge is 1.77. The van der Waals surface area contributed by atoms with E-state index in [-0.39, 0.29) is 0 Å². The molecule has 0 N–H and O–H groups in total. The van der Waals surface area contributed by atoms with Crippen LogP contribution in [0.4, 0.5) is 8.78 Å². The number of rotatable bonds is 3. The second-order valence-electron chi connectivity index (χ2n) is 0.454. The lowest BCUT2D eigenvalue weighted by Gasteiger charge is -1.87. The normalized spacial score (nSPS) is 9.00. The minimum Gasteiger partial charge on any atom is -0.217 e. The monoisotopic (exact) mass is 98.0 g/mol. The molecule has 0 aromatic carbocycles. The van der Waals surface area contributed by atoms with Crippen molar-refractivity contribution >= 4 is 0 Å². The topological polar surface area (TPSA) is 18.5 Å². The minimum absolute atomic E-state index is 1.11. The van der Waals surface area contributed by atoms with Gasteiger partial charge < -0.3 is 0 Å². The Balaban J connectivity index is 2.34. The first-order valence-corrected chi connectivity index (χ1v) is 1.28. The molecule has 0 aromatic rings. The third kappa shape index (κ3) is 3.78. The molecule has 0 spiro atoms. The molecule has 0 bridgehead atoms. The molecule has 0 heterocycles. The van der Waals surface area contributed by atoms with E-state index < -0.39 is 13.7 Å². The highest BCUT2D eigenvalue weighted by molar-refractivity contribution is 3.74. The smallest absolute Gasteiger partial charge is 0.217 e. The number of hydrogen-bond acceptors (Lipinski definition) is 2. The van der Waals surface area contributed by atoms with Crippen LogP contribution in [0.5, 0.6) is 0 Å². The third-order valence-electron chi connectivity index (χ3n) is 0.172. The van der Waals surface area contributed by atoms with Crippen molar-refractivity contribution in [3.8, 4) is 0 Å². The molecule has 0 amide bonds. The zero-order valence-electron chi connectivity index (χ0n) is 2.99. The van der Waals surface area contributed by atoms with Crippen molar-refractivity contribution in [2.24, 2.45) is 0 Å². The molecule has 0 saturated carbocycles. The summed E-state index contributed by atoms with van der Waals surface area (Å²) in [7, 11) is 0. The lowest BCUT2D eigenvalue weighted by molar-refractivity contribution is -0.332. The largest absolute Gasteiger partial charge is 0.221 e. The Hall–Kier alpha value is -0.220. The van der Waals surface area contributed by atoms with Gasteiger partial charge in [0.25, 0.3) is 0 Å². The van der Waals surface area contributed by atoms with E-state index in [0.717, 1.165) is 0 Å². The second kappa shape index (κ2) is 4.78. The average molecular weight is 98.0 g/mol.